The van der Waals surface area contributed by atoms with Gasteiger partial charge in [0.2, 0.25) is 5.91 Å². The minimum Gasteiger partial charge on any atom is -0.396 e. The summed E-state index contributed by atoms with van der Waals surface area (Å²) >= 11 is 0. The van der Waals surface area contributed by atoms with Crippen LogP contribution >= 0.6 is 0 Å². The largest absolute Gasteiger partial charge is 0.396 e. The predicted octanol–water partition coefficient (Wildman–Crippen LogP) is 4.72. The van der Waals surface area contributed by atoms with Crippen LogP contribution in [-0.2, 0) is 16.1 Å². The average molecular weight is 502 g/mol. The van der Waals surface area contributed by atoms with Crippen molar-refractivity contribution in [2.45, 2.75) is 103 Å². The molecule has 4 N–H and O–H groups in total. The van der Waals surface area contributed by atoms with Gasteiger partial charge in [-0.1, -0.05) is 82.9 Å². The van der Waals surface area contributed by atoms with Gasteiger partial charge in [0.15, 0.2) is 0 Å². The van der Waals surface area contributed by atoms with Gasteiger partial charge < -0.3 is 20.5 Å². The highest BCUT2D eigenvalue weighted by molar-refractivity contribution is 5.84. The Kier molecular flexibility index (Phi) is 12.2. The zero-order chi connectivity index (χ0) is 25.8. The summed E-state index contributed by atoms with van der Waals surface area (Å²) < 4.78 is 0. The number of rotatable bonds is 17. The maximum absolute atomic E-state index is 13.2. The Morgan fingerprint density at radius 1 is 1.08 bits per heavy atom. The third-order valence-electron chi connectivity index (χ3n) is 7.45. The number of H-pyrrole nitrogens is 1. The minimum atomic E-state index is -0.763. The lowest BCUT2D eigenvalue weighted by Gasteiger charge is -2.24. The second kappa shape index (κ2) is 15.4. The molecule has 202 valence electrons. The van der Waals surface area contributed by atoms with Crippen molar-refractivity contribution in [3.05, 3.63) is 36.0 Å². The normalized spacial score (nSPS) is 21.3. The number of fused-ring (bicyclic) bond motifs is 1. The van der Waals surface area contributed by atoms with Gasteiger partial charge in [-0.05, 0) is 31.4 Å². The smallest absolute Gasteiger partial charge is 0.240 e. The third kappa shape index (κ3) is 8.04. The Balaban J connectivity index is 1.46. The van der Waals surface area contributed by atoms with Crippen molar-refractivity contribution in [3.8, 4) is 0 Å². The molecular weight excluding hydrogens is 454 g/mol. The van der Waals surface area contributed by atoms with Crippen LogP contribution in [0, 0.1) is 5.92 Å². The van der Waals surface area contributed by atoms with E-state index in [0.29, 0.717) is 19.5 Å². The van der Waals surface area contributed by atoms with E-state index in [-0.39, 0.29) is 12.5 Å². The van der Waals surface area contributed by atoms with E-state index < -0.39 is 24.2 Å². The molecule has 0 saturated carbocycles. The monoisotopic (exact) mass is 501 g/mol. The average Bonchev–Trinajstić information content (AvgIpc) is 3.46. The number of nitrogens with zero attached hydrogens (tertiary/aromatic N) is 1. The number of nitrogens with one attached hydrogen (secondary N) is 2. The van der Waals surface area contributed by atoms with Crippen molar-refractivity contribution in [2.24, 2.45) is 5.92 Å². The van der Waals surface area contributed by atoms with Crippen LogP contribution in [-0.4, -0.2) is 64.1 Å². The number of aromatic nitrogens is 1. The number of aromatic amines is 1. The van der Waals surface area contributed by atoms with E-state index in [0.717, 1.165) is 23.9 Å². The van der Waals surface area contributed by atoms with Crippen molar-refractivity contribution in [1.29, 1.82) is 0 Å². The number of aliphatic hydroxyl groups is 2. The molecule has 4 atom stereocenters. The first kappa shape index (κ1) is 28.6. The quantitative estimate of drug-likeness (QED) is 0.235. The van der Waals surface area contributed by atoms with Crippen molar-refractivity contribution in [3.63, 3.8) is 0 Å². The van der Waals surface area contributed by atoms with Gasteiger partial charge in [0.25, 0.3) is 0 Å². The van der Waals surface area contributed by atoms with Crippen LogP contribution in [0.4, 0.5) is 0 Å². The van der Waals surface area contributed by atoms with Crippen LogP contribution in [0.5, 0.6) is 0 Å². The van der Waals surface area contributed by atoms with E-state index in [2.05, 4.69) is 23.3 Å². The molecule has 1 amide bonds. The molecule has 7 nitrogen and oxygen atoms in total. The molecule has 0 radical (unpaired) electrons. The number of hydroxylamine groups is 2. The van der Waals surface area contributed by atoms with Crippen LogP contribution in [0.15, 0.2) is 30.5 Å². The van der Waals surface area contributed by atoms with Crippen LogP contribution < -0.4 is 5.32 Å². The van der Waals surface area contributed by atoms with E-state index in [4.69, 9.17) is 4.84 Å². The molecule has 0 bridgehead atoms. The predicted molar refractivity (Wildman–Crippen MR) is 144 cm³/mol. The Labute approximate surface area is 216 Å². The molecule has 0 aliphatic carbocycles. The summed E-state index contributed by atoms with van der Waals surface area (Å²) in [6, 6.07) is 7.54. The number of carbonyl (C=O) groups is 1. The summed E-state index contributed by atoms with van der Waals surface area (Å²) in [7, 11) is 0. The third-order valence-corrected chi connectivity index (χ3v) is 7.45. The summed E-state index contributed by atoms with van der Waals surface area (Å²) in [5.41, 5.74) is 2.25. The number of unbranched alkanes of at least 4 members (excludes halogenated alkanes) is 9. The fourth-order valence-electron chi connectivity index (χ4n) is 5.38. The minimum absolute atomic E-state index is 0.149. The van der Waals surface area contributed by atoms with Gasteiger partial charge in [-0.2, -0.15) is 5.06 Å². The molecule has 0 unspecified atom stereocenters. The van der Waals surface area contributed by atoms with Crippen LogP contribution in [0.2, 0.25) is 0 Å². The fraction of sp³-hybridized carbons (Fsp3) is 0.690. The van der Waals surface area contributed by atoms with Crippen molar-refractivity contribution in [2.75, 3.05) is 19.7 Å². The second-order valence-corrected chi connectivity index (χ2v) is 10.3. The summed E-state index contributed by atoms with van der Waals surface area (Å²) in [6.07, 6.45) is 13.8. The highest BCUT2D eigenvalue weighted by atomic mass is 16.7. The number of hydrogen-bond donors (Lipinski definition) is 4. The lowest BCUT2D eigenvalue weighted by molar-refractivity contribution is -0.187. The van der Waals surface area contributed by atoms with E-state index >= 15 is 0 Å². The number of carbonyl (C=O) groups excluding carboxylic acids is 1. The first-order valence-electron chi connectivity index (χ1n) is 14.1. The van der Waals surface area contributed by atoms with Crippen molar-refractivity contribution >= 4 is 16.8 Å². The van der Waals surface area contributed by atoms with E-state index in [1.807, 2.05) is 24.4 Å². The van der Waals surface area contributed by atoms with E-state index in [9.17, 15) is 15.0 Å². The van der Waals surface area contributed by atoms with Gasteiger partial charge in [-0.25, -0.2) is 0 Å². The Morgan fingerprint density at radius 3 is 2.42 bits per heavy atom. The molecule has 36 heavy (non-hydrogen) atoms. The molecule has 3 rings (SSSR count). The molecule has 0 spiro atoms. The van der Waals surface area contributed by atoms with Gasteiger partial charge in [0.05, 0.1) is 12.7 Å². The van der Waals surface area contributed by atoms with Gasteiger partial charge in [-0.15, -0.1) is 0 Å². The van der Waals surface area contributed by atoms with Crippen molar-refractivity contribution < 1.29 is 19.8 Å². The van der Waals surface area contributed by atoms with Gasteiger partial charge >= 0.3 is 0 Å². The van der Waals surface area contributed by atoms with Gasteiger partial charge in [-0.3, -0.25) is 9.63 Å². The lowest BCUT2D eigenvalue weighted by atomic mass is 9.92. The molecule has 1 aliphatic rings. The molecule has 7 heteroatoms. The number of amides is 1. The molecule has 1 saturated heterocycles. The second-order valence-electron chi connectivity index (χ2n) is 10.3. The first-order valence-corrected chi connectivity index (χ1v) is 14.1. The summed E-state index contributed by atoms with van der Waals surface area (Å²) in [4.78, 5) is 22.5. The Hall–Kier alpha value is -1.93. The van der Waals surface area contributed by atoms with Crippen LogP contribution in [0.1, 0.15) is 83.6 Å². The zero-order valence-corrected chi connectivity index (χ0v) is 22.3. The topological polar surface area (TPSA) is 97.8 Å². The molecule has 1 aliphatic heterocycles. The van der Waals surface area contributed by atoms with Crippen LogP contribution in [0.3, 0.4) is 0 Å². The maximum atomic E-state index is 13.2. The SMILES string of the molecule is CCCCCCCCCCCCN1O[C@@H]([C@H](C)O)[C@@H](CO)[C@@H]1C(=O)NCCc1c[nH]c2ccccc12. The molecule has 1 fully saturated rings. The fourth-order valence-corrected chi connectivity index (χ4v) is 5.38. The first-order chi connectivity index (χ1) is 17.6. The summed E-state index contributed by atoms with van der Waals surface area (Å²) in [5, 5.41) is 26.2. The number of para-hydroxylation sites is 1. The molecule has 1 aromatic carbocycles. The summed E-state index contributed by atoms with van der Waals surface area (Å²) in [6.45, 7) is 4.82. The number of hydrogen-bond acceptors (Lipinski definition) is 5. The highest BCUT2D eigenvalue weighted by Gasteiger charge is 2.48. The summed E-state index contributed by atoms with van der Waals surface area (Å²) in [5.74, 6) is -0.606. The number of aliphatic hydroxyl groups excluding tert-OH is 2. The van der Waals surface area contributed by atoms with Crippen LogP contribution in [0.25, 0.3) is 10.9 Å². The zero-order valence-electron chi connectivity index (χ0n) is 22.3. The van der Waals surface area contributed by atoms with Gasteiger partial charge in [0, 0.05) is 36.1 Å². The Morgan fingerprint density at radius 2 is 1.75 bits per heavy atom. The van der Waals surface area contributed by atoms with Crippen molar-refractivity contribution in [1.82, 2.24) is 15.4 Å². The maximum Gasteiger partial charge on any atom is 0.240 e. The molecule has 2 aromatic rings. The molecule has 2 heterocycles. The standard InChI is InChI=1S/C29H47N3O4/c1-3-4-5-6-7-8-9-10-11-14-19-32-27(25(21-33)28(36-32)22(2)34)29(35)30-18-17-23-20-31-26-16-13-12-15-24(23)26/h12-13,15-16,20,22,25,27-28,31,33-34H,3-11,14,17-19,21H2,1-2H3,(H,30,35)/t22-,25-,27+,28-/m0/s1. The molecule has 1 aromatic heterocycles. The molecular formula is C29H47N3O4. The Bertz CT molecular complexity index is 900. The lowest BCUT2D eigenvalue weighted by Crippen LogP contribution is -2.48. The van der Waals surface area contributed by atoms with Gasteiger partial charge in [0.1, 0.15) is 12.1 Å². The highest BCUT2D eigenvalue weighted by Crippen LogP contribution is 2.30. The number of benzene rings is 1. The van der Waals surface area contributed by atoms with E-state index in [1.165, 1.54) is 56.8 Å². The van der Waals surface area contributed by atoms with E-state index in [1.54, 1.807) is 12.0 Å².